The van der Waals surface area contributed by atoms with Gasteiger partial charge in [0, 0.05) is 12.0 Å². The number of aliphatic hydroxyl groups is 1. The van der Waals surface area contributed by atoms with Crippen LogP contribution in [-0.2, 0) is 4.79 Å². The summed E-state index contributed by atoms with van der Waals surface area (Å²) in [7, 11) is 0. The summed E-state index contributed by atoms with van der Waals surface area (Å²) in [5, 5.41) is 9.14. The van der Waals surface area contributed by atoms with Gasteiger partial charge in [-0.05, 0) is 42.4 Å². The minimum Gasteiger partial charge on any atom is -0.392 e. The third-order valence-corrected chi connectivity index (χ3v) is 5.18. The van der Waals surface area contributed by atoms with Crippen LogP contribution in [0.15, 0.2) is 11.6 Å². The number of ketones is 1. The lowest BCUT2D eigenvalue weighted by molar-refractivity contribution is -0.120. The zero-order valence-electron chi connectivity index (χ0n) is 11.2. The van der Waals surface area contributed by atoms with Crippen LogP contribution in [-0.4, -0.2) is 17.5 Å². The molecule has 0 aromatic carbocycles. The van der Waals surface area contributed by atoms with Crippen molar-refractivity contribution < 1.29 is 9.90 Å². The van der Waals surface area contributed by atoms with E-state index in [-0.39, 0.29) is 17.8 Å². The Labute approximate surface area is 104 Å². The molecule has 3 atom stereocenters. The molecule has 1 N–H and O–H groups in total. The molecule has 1 spiro atoms. The van der Waals surface area contributed by atoms with E-state index in [2.05, 4.69) is 20.8 Å². The van der Waals surface area contributed by atoms with E-state index in [0.29, 0.717) is 29.7 Å². The van der Waals surface area contributed by atoms with Crippen LogP contribution in [0.4, 0.5) is 0 Å². The van der Waals surface area contributed by atoms with E-state index >= 15 is 0 Å². The molecular formula is C15H24O2. The monoisotopic (exact) mass is 236 g/mol. The predicted molar refractivity (Wildman–Crippen MR) is 68.6 cm³/mol. The van der Waals surface area contributed by atoms with E-state index in [1.54, 1.807) is 0 Å². The van der Waals surface area contributed by atoms with E-state index in [4.69, 9.17) is 5.11 Å². The number of allylic oxidation sites excluding steroid dienone is 1. The van der Waals surface area contributed by atoms with Gasteiger partial charge in [-0.1, -0.05) is 26.8 Å². The van der Waals surface area contributed by atoms with Crippen LogP contribution in [0.3, 0.4) is 0 Å². The number of carbonyl (C=O) groups excluding carboxylic acids is 1. The highest BCUT2D eigenvalue weighted by molar-refractivity contribution is 5.97. The fourth-order valence-corrected chi connectivity index (χ4v) is 4.09. The maximum atomic E-state index is 12.1. The first kappa shape index (κ1) is 12.8. The van der Waals surface area contributed by atoms with Crippen molar-refractivity contribution >= 4 is 5.78 Å². The van der Waals surface area contributed by atoms with Gasteiger partial charge in [0.1, 0.15) is 0 Å². The van der Waals surface area contributed by atoms with Gasteiger partial charge in [0.25, 0.3) is 0 Å². The van der Waals surface area contributed by atoms with E-state index in [1.165, 1.54) is 12.8 Å². The fraction of sp³-hybridized carbons (Fsp3) is 0.800. The lowest BCUT2D eigenvalue weighted by Gasteiger charge is -2.42. The molecule has 0 heterocycles. The molecule has 1 unspecified atom stereocenters. The highest BCUT2D eigenvalue weighted by Crippen LogP contribution is 2.57. The zero-order valence-corrected chi connectivity index (χ0v) is 11.2. The maximum Gasteiger partial charge on any atom is 0.161 e. The van der Waals surface area contributed by atoms with Crippen molar-refractivity contribution in [1.29, 1.82) is 0 Å². The SMILES string of the molecule is CC(C)[C@@H]1CC[C@H](C)C12CC=C(CO)C(=O)C2. The Bertz CT molecular complexity index is 343. The Balaban J connectivity index is 2.30. The summed E-state index contributed by atoms with van der Waals surface area (Å²) < 4.78 is 0. The Morgan fingerprint density at radius 1 is 1.47 bits per heavy atom. The maximum absolute atomic E-state index is 12.1. The van der Waals surface area contributed by atoms with Crippen molar-refractivity contribution in [2.75, 3.05) is 6.61 Å². The Hall–Kier alpha value is -0.630. The molecule has 0 radical (unpaired) electrons. The van der Waals surface area contributed by atoms with Crippen molar-refractivity contribution in [3.63, 3.8) is 0 Å². The van der Waals surface area contributed by atoms with E-state index in [9.17, 15) is 4.79 Å². The van der Waals surface area contributed by atoms with Crippen LogP contribution >= 0.6 is 0 Å². The normalized spacial score (nSPS) is 37.9. The smallest absolute Gasteiger partial charge is 0.161 e. The second-order valence-corrected chi connectivity index (χ2v) is 6.25. The van der Waals surface area contributed by atoms with Crippen molar-refractivity contribution in [2.24, 2.45) is 23.2 Å². The van der Waals surface area contributed by atoms with Gasteiger partial charge in [-0.15, -0.1) is 0 Å². The number of rotatable bonds is 2. The number of carbonyl (C=O) groups is 1. The number of hydrogen-bond donors (Lipinski definition) is 1. The standard InChI is InChI=1S/C15H24O2/c1-10(2)13-5-4-11(3)15(13)7-6-12(9-16)14(17)8-15/h6,10-11,13,16H,4-5,7-9H2,1-3H3/t11-,13-,15?/m0/s1. The summed E-state index contributed by atoms with van der Waals surface area (Å²) in [5.41, 5.74) is 0.821. The minimum atomic E-state index is -0.0877. The summed E-state index contributed by atoms with van der Waals surface area (Å²) in [4.78, 5) is 12.1. The van der Waals surface area contributed by atoms with Crippen LogP contribution in [0.2, 0.25) is 0 Å². The van der Waals surface area contributed by atoms with Gasteiger partial charge in [0.2, 0.25) is 0 Å². The second-order valence-electron chi connectivity index (χ2n) is 6.25. The van der Waals surface area contributed by atoms with Gasteiger partial charge in [0.15, 0.2) is 5.78 Å². The Morgan fingerprint density at radius 3 is 2.71 bits per heavy atom. The van der Waals surface area contributed by atoms with Gasteiger partial charge in [-0.25, -0.2) is 0 Å². The number of aliphatic hydroxyl groups excluding tert-OH is 1. The fourth-order valence-electron chi connectivity index (χ4n) is 4.09. The topological polar surface area (TPSA) is 37.3 Å². The molecule has 2 heteroatoms. The molecule has 0 amide bonds. The molecule has 1 fully saturated rings. The van der Waals surface area contributed by atoms with Crippen molar-refractivity contribution in [1.82, 2.24) is 0 Å². The Kier molecular flexibility index (Phi) is 3.44. The predicted octanol–water partition coefficient (Wildman–Crippen LogP) is 2.96. The minimum absolute atomic E-state index is 0.0877. The number of Topliss-reactive ketones (excluding diaryl/α,β-unsaturated/α-hetero) is 1. The molecule has 0 aromatic rings. The molecule has 1 saturated carbocycles. The first-order valence-corrected chi connectivity index (χ1v) is 6.84. The third-order valence-electron chi connectivity index (χ3n) is 5.18. The third kappa shape index (κ3) is 1.97. The highest BCUT2D eigenvalue weighted by Gasteiger charge is 2.50. The summed E-state index contributed by atoms with van der Waals surface area (Å²) in [6.07, 6.45) is 6.15. The first-order chi connectivity index (χ1) is 8.01. The summed E-state index contributed by atoms with van der Waals surface area (Å²) in [5.74, 6) is 2.13. The highest BCUT2D eigenvalue weighted by atomic mass is 16.3. The van der Waals surface area contributed by atoms with Gasteiger partial charge >= 0.3 is 0 Å². The van der Waals surface area contributed by atoms with Gasteiger partial charge < -0.3 is 5.11 Å². The molecule has 96 valence electrons. The average Bonchev–Trinajstić information content (AvgIpc) is 2.57. The first-order valence-electron chi connectivity index (χ1n) is 6.84. The van der Waals surface area contributed by atoms with Crippen molar-refractivity contribution in [2.45, 2.75) is 46.5 Å². The lowest BCUT2D eigenvalue weighted by atomic mass is 9.61. The molecule has 0 aliphatic heterocycles. The van der Waals surface area contributed by atoms with E-state index in [1.807, 2.05) is 6.08 Å². The molecule has 17 heavy (non-hydrogen) atoms. The van der Waals surface area contributed by atoms with Crippen LogP contribution in [0.1, 0.15) is 46.5 Å². The lowest BCUT2D eigenvalue weighted by Crippen LogP contribution is -2.38. The largest absolute Gasteiger partial charge is 0.392 e. The van der Waals surface area contributed by atoms with Gasteiger partial charge in [-0.2, -0.15) is 0 Å². The molecule has 0 bridgehead atoms. The van der Waals surface area contributed by atoms with Crippen molar-refractivity contribution in [3.05, 3.63) is 11.6 Å². The quantitative estimate of drug-likeness (QED) is 0.800. The van der Waals surface area contributed by atoms with Crippen LogP contribution in [0.5, 0.6) is 0 Å². The molecule has 0 saturated heterocycles. The molecule has 2 aliphatic carbocycles. The second kappa shape index (κ2) is 4.56. The summed E-state index contributed by atoms with van der Waals surface area (Å²) in [6.45, 7) is 6.77. The van der Waals surface area contributed by atoms with Crippen molar-refractivity contribution in [3.8, 4) is 0 Å². The molecule has 2 nitrogen and oxygen atoms in total. The number of hydrogen-bond acceptors (Lipinski definition) is 2. The summed E-state index contributed by atoms with van der Waals surface area (Å²) in [6, 6.07) is 0. The molecule has 2 aliphatic rings. The average molecular weight is 236 g/mol. The van der Waals surface area contributed by atoms with Gasteiger partial charge in [-0.3, -0.25) is 4.79 Å². The summed E-state index contributed by atoms with van der Waals surface area (Å²) >= 11 is 0. The van der Waals surface area contributed by atoms with Crippen LogP contribution in [0.25, 0.3) is 0 Å². The van der Waals surface area contributed by atoms with Crippen LogP contribution < -0.4 is 0 Å². The molecule has 2 rings (SSSR count). The van der Waals surface area contributed by atoms with Crippen LogP contribution in [0, 0.1) is 23.2 Å². The van der Waals surface area contributed by atoms with E-state index < -0.39 is 0 Å². The Morgan fingerprint density at radius 2 is 2.18 bits per heavy atom. The van der Waals surface area contributed by atoms with Gasteiger partial charge in [0.05, 0.1) is 6.61 Å². The molecule has 0 aromatic heterocycles. The molecular weight excluding hydrogens is 212 g/mol. The van der Waals surface area contributed by atoms with E-state index in [0.717, 1.165) is 6.42 Å². The zero-order chi connectivity index (χ0) is 12.6.